The maximum absolute atomic E-state index is 11.6. The van der Waals surface area contributed by atoms with Crippen molar-refractivity contribution in [2.75, 3.05) is 30.6 Å². The molecular weight excluding hydrogens is 396 g/mol. The average molecular weight is 415 g/mol. The van der Waals surface area contributed by atoms with Gasteiger partial charge in [0, 0.05) is 17.0 Å². The molecule has 0 fully saturated rings. The fourth-order valence-corrected chi connectivity index (χ4v) is 3.09. The molecule has 9 heteroatoms. The number of benzene rings is 2. The number of halogens is 1. The van der Waals surface area contributed by atoms with Gasteiger partial charge in [0.25, 0.3) is 0 Å². The van der Waals surface area contributed by atoms with Crippen LogP contribution in [0, 0.1) is 0 Å². The number of anilines is 2. The predicted molar refractivity (Wildman–Crippen MR) is 110 cm³/mol. The summed E-state index contributed by atoms with van der Waals surface area (Å²) in [6.45, 7) is 2.80. The van der Waals surface area contributed by atoms with Crippen molar-refractivity contribution in [1.82, 2.24) is 9.97 Å². The van der Waals surface area contributed by atoms with E-state index in [0.717, 1.165) is 22.4 Å². The first-order chi connectivity index (χ1) is 14.1. The quantitative estimate of drug-likeness (QED) is 0.566. The highest BCUT2D eigenvalue weighted by Crippen LogP contribution is 2.33. The van der Waals surface area contributed by atoms with Gasteiger partial charge in [-0.25, -0.2) is 4.98 Å². The first kappa shape index (κ1) is 19.1. The molecule has 1 aliphatic rings. The van der Waals surface area contributed by atoms with Crippen LogP contribution in [-0.2, 0) is 16.1 Å². The molecule has 0 saturated heterocycles. The van der Waals surface area contributed by atoms with E-state index < -0.39 is 0 Å². The number of carbonyl (C=O) groups is 1. The first-order valence-corrected chi connectivity index (χ1v) is 9.49. The van der Waals surface area contributed by atoms with Gasteiger partial charge in [0.1, 0.15) is 12.4 Å². The Bertz CT molecular complexity index is 1060. The highest BCUT2D eigenvalue weighted by atomic mass is 35.5. The Morgan fingerprint density at radius 3 is 2.86 bits per heavy atom. The van der Waals surface area contributed by atoms with Gasteiger partial charge < -0.3 is 24.8 Å². The van der Waals surface area contributed by atoms with Crippen LogP contribution in [0.2, 0.25) is 5.02 Å². The number of rotatable bonds is 7. The van der Waals surface area contributed by atoms with Crippen molar-refractivity contribution in [3.63, 3.8) is 0 Å². The summed E-state index contributed by atoms with van der Waals surface area (Å²) >= 11 is 6.16. The number of ether oxygens (including phenoxy) is 3. The molecule has 0 atom stereocenters. The van der Waals surface area contributed by atoms with E-state index in [1.807, 2.05) is 18.2 Å². The summed E-state index contributed by atoms with van der Waals surface area (Å²) in [5.74, 6) is 2.00. The molecule has 0 bridgehead atoms. The SMILES string of the molecule is CCOC(=O)CNc1nc(NCc2ccc3c(c2)OCO3)c2cc(Cl)ccc2n1. The Labute approximate surface area is 172 Å². The van der Waals surface area contributed by atoms with E-state index in [1.165, 1.54) is 0 Å². The van der Waals surface area contributed by atoms with Crippen molar-refractivity contribution < 1.29 is 19.0 Å². The van der Waals surface area contributed by atoms with E-state index in [9.17, 15) is 4.79 Å². The molecule has 150 valence electrons. The minimum atomic E-state index is -0.373. The van der Waals surface area contributed by atoms with Crippen LogP contribution in [0.4, 0.5) is 11.8 Å². The van der Waals surface area contributed by atoms with Crippen molar-refractivity contribution in [3.05, 3.63) is 47.0 Å². The fraction of sp³-hybridized carbons (Fsp3) is 0.250. The lowest BCUT2D eigenvalue weighted by Crippen LogP contribution is -2.18. The number of nitrogens with zero attached hydrogens (tertiary/aromatic N) is 2. The van der Waals surface area contributed by atoms with Crippen molar-refractivity contribution >= 4 is 40.2 Å². The summed E-state index contributed by atoms with van der Waals surface area (Å²) in [7, 11) is 0. The molecular formula is C20H19ClN4O4. The number of nitrogens with one attached hydrogen (secondary N) is 2. The lowest BCUT2D eigenvalue weighted by molar-refractivity contribution is -0.140. The summed E-state index contributed by atoms with van der Waals surface area (Å²) < 4.78 is 15.7. The maximum atomic E-state index is 11.6. The standard InChI is InChI=1S/C20H19ClN4O4/c1-2-27-18(26)10-23-20-24-15-5-4-13(21)8-14(15)19(25-20)22-9-12-3-6-16-17(7-12)29-11-28-16/h3-8H,2,9-11H2,1H3,(H2,22,23,24,25). The number of hydrogen-bond donors (Lipinski definition) is 2. The Balaban J connectivity index is 1.57. The zero-order valence-electron chi connectivity index (χ0n) is 15.7. The summed E-state index contributed by atoms with van der Waals surface area (Å²) in [6.07, 6.45) is 0. The normalized spacial score (nSPS) is 12.1. The summed E-state index contributed by atoms with van der Waals surface area (Å²) in [5, 5.41) is 7.58. The fourth-order valence-electron chi connectivity index (χ4n) is 2.91. The Morgan fingerprint density at radius 1 is 1.14 bits per heavy atom. The van der Waals surface area contributed by atoms with Crippen LogP contribution in [0.25, 0.3) is 10.9 Å². The molecule has 1 aromatic heterocycles. The highest BCUT2D eigenvalue weighted by Gasteiger charge is 2.14. The number of esters is 1. The van der Waals surface area contributed by atoms with Gasteiger partial charge in [-0.2, -0.15) is 4.98 Å². The number of fused-ring (bicyclic) bond motifs is 2. The van der Waals surface area contributed by atoms with Gasteiger partial charge in [-0.05, 0) is 42.8 Å². The van der Waals surface area contributed by atoms with Crippen molar-refractivity contribution in [3.8, 4) is 11.5 Å². The van der Waals surface area contributed by atoms with Crippen LogP contribution in [-0.4, -0.2) is 35.9 Å². The summed E-state index contributed by atoms with van der Waals surface area (Å²) in [6, 6.07) is 11.1. The second-order valence-electron chi connectivity index (χ2n) is 6.26. The molecule has 1 aliphatic heterocycles. The molecule has 4 rings (SSSR count). The van der Waals surface area contributed by atoms with E-state index >= 15 is 0 Å². The molecule has 2 N–H and O–H groups in total. The number of carbonyl (C=O) groups excluding carboxylic acids is 1. The van der Waals surface area contributed by atoms with Gasteiger partial charge in [-0.3, -0.25) is 4.79 Å². The highest BCUT2D eigenvalue weighted by molar-refractivity contribution is 6.31. The maximum Gasteiger partial charge on any atom is 0.325 e. The second-order valence-corrected chi connectivity index (χ2v) is 6.69. The first-order valence-electron chi connectivity index (χ1n) is 9.11. The van der Waals surface area contributed by atoms with Gasteiger partial charge in [0.15, 0.2) is 11.5 Å². The van der Waals surface area contributed by atoms with Gasteiger partial charge >= 0.3 is 5.97 Å². The van der Waals surface area contributed by atoms with E-state index in [0.29, 0.717) is 35.5 Å². The molecule has 0 radical (unpaired) electrons. The molecule has 29 heavy (non-hydrogen) atoms. The van der Waals surface area contributed by atoms with Gasteiger partial charge in [0.05, 0.1) is 12.1 Å². The van der Waals surface area contributed by atoms with Crippen LogP contribution in [0.15, 0.2) is 36.4 Å². The lowest BCUT2D eigenvalue weighted by Gasteiger charge is -2.12. The molecule has 0 unspecified atom stereocenters. The number of hydrogen-bond acceptors (Lipinski definition) is 8. The van der Waals surface area contributed by atoms with E-state index in [2.05, 4.69) is 20.6 Å². The minimum absolute atomic E-state index is 0.0193. The van der Waals surface area contributed by atoms with Crippen LogP contribution in [0.5, 0.6) is 11.5 Å². The van der Waals surface area contributed by atoms with Crippen LogP contribution in [0.1, 0.15) is 12.5 Å². The van der Waals surface area contributed by atoms with Crippen LogP contribution < -0.4 is 20.1 Å². The van der Waals surface area contributed by atoms with E-state index in [1.54, 1.807) is 25.1 Å². The van der Waals surface area contributed by atoms with Crippen molar-refractivity contribution in [1.29, 1.82) is 0 Å². The zero-order valence-corrected chi connectivity index (χ0v) is 16.5. The van der Waals surface area contributed by atoms with E-state index in [4.69, 9.17) is 25.8 Å². The molecule has 0 spiro atoms. The third kappa shape index (κ3) is 4.43. The van der Waals surface area contributed by atoms with Crippen LogP contribution >= 0.6 is 11.6 Å². The summed E-state index contributed by atoms with van der Waals surface area (Å²) in [5.41, 5.74) is 1.70. The van der Waals surface area contributed by atoms with Crippen molar-refractivity contribution in [2.45, 2.75) is 13.5 Å². The Hall–Kier alpha value is -3.26. The van der Waals surface area contributed by atoms with Crippen molar-refractivity contribution in [2.24, 2.45) is 0 Å². The molecule has 0 aliphatic carbocycles. The molecule has 2 heterocycles. The molecule has 2 aromatic carbocycles. The number of aromatic nitrogens is 2. The second kappa shape index (κ2) is 8.40. The van der Waals surface area contributed by atoms with Gasteiger partial charge in [-0.1, -0.05) is 17.7 Å². The lowest BCUT2D eigenvalue weighted by atomic mass is 10.2. The molecule has 0 saturated carbocycles. The topological polar surface area (TPSA) is 94.6 Å². The largest absolute Gasteiger partial charge is 0.465 e. The third-order valence-corrected chi connectivity index (χ3v) is 4.49. The third-order valence-electron chi connectivity index (χ3n) is 4.25. The monoisotopic (exact) mass is 414 g/mol. The zero-order chi connectivity index (χ0) is 20.2. The minimum Gasteiger partial charge on any atom is -0.465 e. The smallest absolute Gasteiger partial charge is 0.325 e. The van der Waals surface area contributed by atoms with Gasteiger partial charge in [-0.15, -0.1) is 0 Å². The molecule has 3 aromatic rings. The van der Waals surface area contributed by atoms with E-state index in [-0.39, 0.29) is 19.3 Å². The summed E-state index contributed by atoms with van der Waals surface area (Å²) in [4.78, 5) is 20.6. The Kier molecular flexibility index (Phi) is 5.53. The molecule has 8 nitrogen and oxygen atoms in total. The average Bonchev–Trinajstić information content (AvgIpc) is 3.19. The van der Waals surface area contributed by atoms with Gasteiger partial charge in [0.2, 0.25) is 12.7 Å². The van der Waals surface area contributed by atoms with Crippen LogP contribution in [0.3, 0.4) is 0 Å². The molecule has 0 amide bonds. The Morgan fingerprint density at radius 2 is 2.00 bits per heavy atom. The predicted octanol–water partition coefficient (Wildman–Crippen LogP) is 3.60.